The first-order valence-corrected chi connectivity index (χ1v) is 9.59. The third-order valence-corrected chi connectivity index (χ3v) is 4.66. The minimum Gasteiger partial charge on any atom is -0.329 e. The van der Waals surface area contributed by atoms with Gasteiger partial charge in [-0.25, -0.2) is 16.8 Å². The molecule has 20 heavy (non-hydrogen) atoms. The Balaban J connectivity index is 0. The van der Waals surface area contributed by atoms with E-state index in [2.05, 4.69) is 11.8 Å². The van der Waals surface area contributed by atoms with Gasteiger partial charge in [-0.1, -0.05) is 18.8 Å². The fourth-order valence-electron chi connectivity index (χ4n) is 0.916. The average molecular weight is 322 g/mol. The normalized spacial score (nSPS) is 10.5. The lowest BCUT2D eigenvalue weighted by molar-refractivity contribution is 0.597. The summed E-state index contributed by atoms with van der Waals surface area (Å²) in [5, 5.41) is 0. The minimum absolute atomic E-state index is 0.0167. The van der Waals surface area contributed by atoms with Crippen LogP contribution in [0.15, 0.2) is 0 Å². The zero-order valence-electron chi connectivity index (χ0n) is 11.6. The lowest BCUT2D eigenvalue weighted by atomic mass is 10.5. The Morgan fingerprint density at radius 1 is 0.900 bits per heavy atom. The summed E-state index contributed by atoms with van der Waals surface area (Å²) in [5.74, 6) is 7.06. The highest BCUT2D eigenvalue weighted by Crippen LogP contribution is 1.86. The predicted octanol–water partition coefficient (Wildman–Crippen LogP) is -1.23. The molecule has 0 aromatic heterocycles. The van der Waals surface area contributed by atoms with Crippen LogP contribution in [0.5, 0.6) is 0 Å². The van der Waals surface area contributed by atoms with Crippen molar-refractivity contribution in [3.63, 3.8) is 0 Å². The first kappa shape index (κ1) is 21.2. The Bertz CT molecular complexity index is 548. The number of terminal acetylenes is 1. The van der Waals surface area contributed by atoms with Crippen molar-refractivity contribution < 1.29 is 16.8 Å². The molecule has 0 saturated carbocycles. The molecule has 6 nitrogen and oxygen atoms in total. The van der Waals surface area contributed by atoms with Crippen LogP contribution >= 0.6 is 0 Å². The van der Waals surface area contributed by atoms with E-state index in [1.165, 1.54) is 0 Å². The maximum absolute atomic E-state index is 10.9. The molecule has 0 aromatic rings. The molecule has 0 spiro atoms. The molecule has 0 fully saturated rings. The van der Waals surface area contributed by atoms with E-state index >= 15 is 0 Å². The van der Waals surface area contributed by atoms with E-state index in [-0.39, 0.29) is 36.1 Å². The molecular formula is C12H22N2O4S2. The van der Waals surface area contributed by atoms with Gasteiger partial charge >= 0.3 is 0 Å². The Hall–Kier alpha value is -1.06. The largest absolute Gasteiger partial charge is 0.329 e. The van der Waals surface area contributed by atoms with E-state index in [1.807, 2.05) is 12.8 Å². The van der Waals surface area contributed by atoms with Gasteiger partial charge in [0.15, 0.2) is 19.7 Å². The van der Waals surface area contributed by atoms with Gasteiger partial charge in [0.1, 0.15) is 11.5 Å². The third kappa shape index (κ3) is 15.0. The van der Waals surface area contributed by atoms with Crippen molar-refractivity contribution in [1.29, 1.82) is 0 Å². The number of hydrogen-bond donors (Lipinski definition) is 2. The molecule has 8 heteroatoms. The average Bonchev–Trinajstić information content (AvgIpc) is 2.29. The fourth-order valence-corrected chi connectivity index (χ4v) is 2.50. The van der Waals surface area contributed by atoms with Crippen LogP contribution < -0.4 is 11.5 Å². The zero-order chi connectivity index (χ0) is 16.1. The molecule has 116 valence electrons. The third-order valence-electron chi connectivity index (χ3n) is 1.75. The van der Waals surface area contributed by atoms with Gasteiger partial charge in [0, 0.05) is 19.5 Å². The van der Waals surface area contributed by atoms with Crippen molar-refractivity contribution in [2.24, 2.45) is 11.5 Å². The molecule has 0 bridgehead atoms. The molecule has 0 radical (unpaired) electrons. The van der Waals surface area contributed by atoms with Gasteiger partial charge in [-0.15, -0.1) is 12.3 Å². The molecule has 0 atom stereocenters. The summed E-state index contributed by atoms with van der Waals surface area (Å²) in [6.07, 6.45) is 5.47. The summed E-state index contributed by atoms with van der Waals surface area (Å²) in [5.41, 5.74) is 10.1. The Morgan fingerprint density at radius 2 is 1.35 bits per heavy atom. The SMILES string of the molecule is C#CCS(=O)(=O)CCN.CCC#CCS(=O)(=O)CCN. The van der Waals surface area contributed by atoms with Crippen LogP contribution in [-0.4, -0.2) is 52.9 Å². The highest BCUT2D eigenvalue weighted by molar-refractivity contribution is 7.91. The Morgan fingerprint density at radius 3 is 1.70 bits per heavy atom. The standard InChI is InChI=1S/C7H13NO2S.C5H9NO2S/c1-2-3-4-6-11(9,10)7-5-8;1-2-4-9(7,8)5-3-6/h2,5-8H2,1H3;1H,3-6H2. The molecular weight excluding hydrogens is 300 g/mol. The zero-order valence-corrected chi connectivity index (χ0v) is 13.3. The molecule has 0 heterocycles. The van der Waals surface area contributed by atoms with Crippen LogP contribution in [0.1, 0.15) is 13.3 Å². The smallest absolute Gasteiger partial charge is 0.162 e. The lowest BCUT2D eigenvalue weighted by Gasteiger charge is -1.94. The quantitative estimate of drug-likeness (QED) is 0.591. The molecule has 0 aromatic carbocycles. The van der Waals surface area contributed by atoms with E-state index in [4.69, 9.17) is 17.9 Å². The highest BCUT2D eigenvalue weighted by Gasteiger charge is 2.05. The number of rotatable bonds is 6. The Labute approximate surface area is 122 Å². The summed E-state index contributed by atoms with van der Waals surface area (Å²) in [4.78, 5) is 0. The lowest BCUT2D eigenvalue weighted by Crippen LogP contribution is -2.17. The van der Waals surface area contributed by atoms with Gasteiger partial charge in [0.2, 0.25) is 0 Å². The van der Waals surface area contributed by atoms with Crippen LogP contribution in [0, 0.1) is 24.2 Å². The fraction of sp³-hybridized carbons (Fsp3) is 0.667. The summed E-state index contributed by atoms with van der Waals surface area (Å²) >= 11 is 0. The van der Waals surface area contributed by atoms with E-state index in [0.29, 0.717) is 6.42 Å². The predicted molar refractivity (Wildman–Crippen MR) is 82.3 cm³/mol. The second kappa shape index (κ2) is 11.7. The summed E-state index contributed by atoms with van der Waals surface area (Å²) in [6.45, 7) is 2.20. The summed E-state index contributed by atoms with van der Waals surface area (Å²) in [7, 11) is -6.05. The van der Waals surface area contributed by atoms with Gasteiger partial charge < -0.3 is 11.5 Å². The van der Waals surface area contributed by atoms with Crippen LogP contribution in [0.2, 0.25) is 0 Å². The molecule has 0 amide bonds. The number of nitrogens with two attached hydrogens (primary N) is 2. The van der Waals surface area contributed by atoms with E-state index in [9.17, 15) is 16.8 Å². The summed E-state index contributed by atoms with van der Waals surface area (Å²) in [6, 6.07) is 0. The van der Waals surface area contributed by atoms with Gasteiger partial charge in [-0.2, -0.15) is 0 Å². The molecule has 0 rings (SSSR count). The van der Waals surface area contributed by atoms with Crippen LogP contribution in [-0.2, 0) is 19.7 Å². The monoisotopic (exact) mass is 322 g/mol. The van der Waals surface area contributed by atoms with Gasteiger partial charge in [-0.05, 0) is 0 Å². The number of sulfone groups is 2. The van der Waals surface area contributed by atoms with Crippen molar-refractivity contribution in [2.75, 3.05) is 36.1 Å². The van der Waals surface area contributed by atoms with Gasteiger partial charge in [0.05, 0.1) is 11.5 Å². The van der Waals surface area contributed by atoms with Crippen molar-refractivity contribution in [3.8, 4) is 24.2 Å². The van der Waals surface area contributed by atoms with Gasteiger partial charge in [-0.3, -0.25) is 0 Å². The van der Waals surface area contributed by atoms with Crippen molar-refractivity contribution in [1.82, 2.24) is 0 Å². The van der Waals surface area contributed by atoms with Crippen molar-refractivity contribution in [3.05, 3.63) is 0 Å². The molecule has 0 unspecified atom stereocenters. The second-order valence-electron chi connectivity index (χ2n) is 3.67. The van der Waals surface area contributed by atoms with Crippen molar-refractivity contribution >= 4 is 19.7 Å². The first-order chi connectivity index (χ1) is 9.24. The maximum Gasteiger partial charge on any atom is 0.162 e. The first-order valence-electron chi connectivity index (χ1n) is 5.94. The molecule has 0 aliphatic rings. The molecule has 4 N–H and O–H groups in total. The minimum atomic E-state index is -3.04. The molecule has 0 saturated heterocycles. The van der Waals surface area contributed by atoms with Crippen LogP contribution in [0.4, 0.5) is 0 Å². The molecule has 0 aliphatic heterocycles. The van der Waals surface area contributed by atoms with Crippen molar-refractivity contribution in [2.45, 2.75) is 13.3 Å². The second-order valence-corrected chi connectivity index (χ2v) is 8.04. The van der Waals surface area contributed by atoms with Crippen LogP contribution in [0.25, 0.3) is 0 Å². The maximum atomic E-state index is 10.9. The van der Waals surface area contributed by atoms with E-state index in [0.717, 1.165) is 0 Å². The Kier molecular flexibility index (Phi) is 12.5. The van der Waals surface area contributed by atoms with Gasteiger partial charge in [0.25, 0.3) is 0 Å². The highest BCUT2D eigenvalue weighted by atomic mass is 32.2. The van der Waals surface area contributed by atoms with E-state index in [1.54, 1.807) is 0 Å². The summed E-state index contributed by atoms with van der Waals surface area (Å²) < 4.78 is 43.1. The van der Waals surface area contributed by atoms with Crippen LogP contribution in [0.3, 0.4) is 0 Å². The number of hydrogen-bond acceptors (Lipinski definition) is 6. The van der Waals surface area contributed by atoms with E-state index < -0.39 is 19.7 Å². The topological polar surface area (TPSA) is 120 Å². The molecule has 0 aliphatic carbocycles.